The fourth-order valence-corrected chi connectivity index (χ4v) is 1.64. The lowest BCUT2D eigenvalue weighted by atomic mass is 10.0. The Bertz CT molecular complexity index is 511. The Morgan fingerprint density at radius 1 is 1.13 bits per heavy atom. The van der Waals surface area contributed by atoms with E-state index < -0.39 is 0 Å². The molecule has 1 amide bonds. The molecule has 0 fully saturated rings. The first-order valence-corrected chi connectivity index (χ1v) is 4.70. The highest BCUT2D eigenvalue weighted by atomic mass is 16.1. The van der Waals surface area contributed by atoms with E-state index in [1.54, 1.807) is 0 Å². The highest BCUT2D eigenvalue weighted by Crippen LogP contribution is 2.22. The maximum atomic E-state index is 10.4. The lowest BCUT2D eigenvalue weighted by molar-refractivity contribution is -0.108. The van der Waals surface area contributed by atoms with Crippen molar-refractivity contribution in [1.29, 1.82) is 0 Å². The number of amides is 1. The van der Waals surface area contributed by atoms with Gasteiger partial charge in [0.25, 0.3) is 0 Å². The summed E-state index contributed by atoms with van der Waals surface area (Å²) in [5.74, 6) is 0. The van der Waals surface area contributed by atoms with Crippen LogP contribution in [0.4, 0.5) is 0 Å². The number of hydrogen-bond acceptors (Lipinski definition) is 1. The van der Waals surface area contributed by atoms with Crippen molar-refractivity contribution >= 4 is 22.9 Å². The summed E-state index contributed by atoms with van der Waals surface area (Å²) in [6.45, 7) is 3.82. The zero-order valence-electron chi connectivity index (χ0n) is 8.23. The zero-order valence-corrected chi connectivity index (χ0v) is 8.23. The van der Waals surface area contributed by atoms with Gasteiger partial charge in [0.15, 0.2) is 0 Å². The van der Waals surface area contributed by atoms with Crippen LogP contribution in [-0.2, 0) is 4.79 Å². The smallest absolute Gasteiger partial charge is 0.211 e. The van der Waals surface area contributed by atoms with Crippen molar-refractivity contribution in [3.8, 4) is 0 Å². The first-order chi connectivity index (χ1) is 7.33. The van der Waals surface area contributed by atoms with Crippen LogP contribution in [0.5, 0.6) is 0 Å². The van der Waals surface area contributed by atoms with Crippen LogP contribution in [-0.4, -0.2) is 6.41 Å². The van der Waals surface area contributed by atoms with Gasteiger partial charge in [0.2, 0.25) is 6.41 Å². The molecule has 2 aromatic carbocycles. The van der Waals surface area contributed by atoms with E-state index in [-0.39, 0.29) is 0 Å². The van der Waals surface area contributed by atoms with Crippen LogP contribution in [0, 0.1) is 0 Å². The van der Waals surface area contributed by atoms with E-state index in [0.29, 0.717) is 12.1 Å². The lowest BCUT2D eigenvalue weighted by Gasteiger charge is -2.07. The Morgan fingerprint density at radius 3 is 2.67 bits per heavy atom. The summed E-state index contributed by atoms with van der Waals surface area (Å²) in [7, 11) is 0. The Balaban J connectivity index is 2.60. The summed E-state index contributed by atoms with van der Waals surface area (Å²) >= 11 is 0. The quantitative estimate of drug-likeness (QED) is 0.753. The van der Waals surface area contributed by atoms with Gasteiger partial charge in [-0.05, 0) is 10.8 Å². The molecular weight excluding hydrogens is 186 g/mol. The van der Waals surface area contributed by atoms with Crippen molar-refractivity contribution in [1.82, 2.24) is 5.32 Å². The van der Waals surface area contributed by atoms with Gasteiger partial charge >= 0.3 is 0 Å². The van der Waals surface area contributed by atoms with Gasteiger partial charge in [0.1, 0.15) is 0 Å². The standard InChI is InChI=1S/C13H11NO/c1-10(14-9-15)12-8-4-6-11-5-2-3-7-13(11)12/h2-9H,1H2,(H,14,15). The minimum Gasteiger partial charge on any atom is -0.329 e. The van der Waals surface area contributed by atoms with Crippen molar-refractivity contribution in [2.45, 2.75) is 0 Å². The average Bonchev–Trinajstić information content (AvgIpc) is 2.28. The van der Waals surface area contributed by atoms with Crippen LogP contribution in [0.3, 0.4) is 0 Å². The van der Waals surface area contributed by atoms with Crippen LogP contribution >= 0.6 is 0 Å². The zero-order chi connectivity index (χ0) is 10.7. The molecule has 0 atom stereocenters. The number of rotatable bonds is 3. The average molecular weight is 197 g/mol. The molecule has 0 aliphatic rings. The molecule has 0 heterocycles. The summed E-state index contributed by atoms with van der Waals surface area (Å²) in [6, 6.07) is 13.9. The van der Waals surface area contributed by atoms with Crippen molar-refractivity contribution < 1.29 is 4.79 Å². The number of benzene rings is 2. The van der Waals surface area contributed by atoms with E-state index in [0.717, 1.165) is 16.3 Å². The highest BCUT2D eigenvalue weighted by Gasteiger charge is 2.02. The van der Waals surface area contributed by atoms with Gasteiger partial charge in [-0.1, -0.05) is 49.0 Å². The molecule has 2 heteroatoms. The number of carbonyl (C=O) groups excluding carboxylic acids is 1. The maximum Gasteiger partial charge on any atom is 0.211 e. The molecule has 0 aliphatic heterocycles. The molecule has 2 rings (SSSR count). The van der Waals surface area contributed by atoms with Crippen LogP contribution in [0.2, 0.25) is 0 Å². The molecule has 0 aliphatic carbocycles. The second-order valence-corrected chi connectivity index (χ2v) is 3.27. The number of carbonyl (C=O) groups is 1. The van der Waals surface area contributed by atoms with Gasteiger partial charge in [0.05, 0.1) is 0 Å². The first-order valence-electron chi connectivity index (χ1n) is 4.70. The third-order valence-corrected chi connectivity index (χ3v) is 2.35. The van der Waals surface area contributed by atoms with Crippen LogP contribution in [0.15, 0.2) is 49.0 Å². The summed E-state index contributed by atoms with van der Waals surface area (Å²) in [4.78, 5) is 10.4. The SMILES string of the molecule is C=C(NC=O)c1cccc2ccccc12. The summed E-state index contributed by atoms with van der Waals surface area (Å²) in [5, 5.41) is 4.82. The van der Waals surface area contributed by atoms with E-state index in [1.165, 1.54) is 0 Å². The molecule has 2 nitrogen and oxygen atoms in total. The Kier molecular flexibility index (Phi) is 2.50. The molecular formula is C13H11NO. The highest BCUT2D eigenvalue weighted by molar-refractivity contribution is 5.94. The summed E-state index contributed by atoms with van der Waals surface area (Å²) in [6.07, 6.45) is 0.643. The van der Waals surface area contributed by atoms with Gasteiger partial charge in [-0.25, -0.2) is 0 Å². The topological polar surface area (TPSA) is 29.1 Å². The molecule has 74 valence electrons. The van der Waals surface area contributed by atoms with E-state index in [9.17, 15) is 4.79 Å². The van der Waals surface area contributed by atoms with Crippen LogP contribution in [0.25, 0.3) is 16.5 Å². The molecule has 0 spiro atoms. The molecule has 0 aromatic heterocycles. The van der Waals surface area contributed by atoms with Gasteiger partial charge in [0, 0.05) is 11.3 Å². The minimum absolute atomic E-state index is 0.627. The monoisotopic (exact) mass is 197 g/mol. The van der Waals surface area contributed by atoms with E-state index in [4.69, 9.17) is 0 Å². The Labute approximate surface area is 88.2 Å². The molecule has 0 bridgehead atoms. The number of fused-ring (bicyclic) bond motifs is 1. The van der Waals surface area contributed by atoms with Gasteiger partial charge in [-0.2, -0.15) is 0 Å². The predicted octanol–water partition coefficient (Wildman–Crippen LogP) is 2.56. The van der Waals surface area contributed by atoms with Crippen molar-refractivity contribution in [2.75, 3.05) is 0 Å². The van der Waals surface area contributed by atoms with Crippen molar-refractivity contribution in [2.24, 2.45) is 0 Å². The first kappa shape index (κ1) is 9.46. The normalized spacial score (nSPS) is 9.87. The summed E-state index contributed by atoms with van der Waals surface area (Å²) in [5.41, 5.74) is 1.59. The number of nitrogens with one attached hydrogen (secondary N) is 1. The van der Waals surface area contributed by atoms with Gasteiger partial charge in [-0.3, -0.25) is 4.79 Å². The molecule has 2 aromatic rings. The second-order valence-electron chi connectivity index (χ2n) is 3.27. The molecule has 0 saturated carbocycles. The third-order valence-electron chi connectivity index (χ3n) is 2.35. The van der Waals surface area contributed by atoms with Crippen molar-refractivity contribution in [3.05, 3.63) is 54.6 Å². The molecule has 0 saturated heterocycles. The van der Waals surface area contributed by atoms with E-state index in [2.05, 4.69) is 11.9 Å². The van der Waals surface area contributed by atoms with Crippen molar-refractivity contribution in [3.63, 3.8) is 0 Å². The summed E-state index contributed by atoms with van der Waals surface area (Å²) < 4.78 is 0. The Hall–Kier alpha value is -2.09. The fourth-order valence-electron chi connectivity index (χ4n) is 1.64. The Morgan fingerprint density at radius 2 is 1.87 bits per heavy atom. The third kappa shape index (κ3) is 1.74. The largest absolute Gasteiger partial charge is 0.329 e. The van der Waals surface area contributed by atoms with Gasteiger partial charge in [-0.15, -0.1) is 0 Å². The molecule has 0 radical (unpaired) electrons. The second kappa shape index (κ2) is 3.96. The molecule has 1 N–H and O–H groups in total. The number of hydrogen-bond donors (Lipinski definition) is 1. The van der Waals surface area contributed by atoms with E-state index in [1.807, 2.05) is 42.5 Å². The van der Waals surface area contributed by atoms with Crippen LogP contribution < -0.4 is 5.32 Å². The van der Waals surface area contributed by atoms with Gasteiger partial charge < -0.3 is 5.32 Å². The fraction of sp³-hybridized carbons (Fsp3) is 0. The molecule has 15 heavy (non-hydrogen) atoms. The van der Waals surface area contributed by atoms with Crippen LogP contribution in [0.1, 0.15) is 5.56 Å². The maximum absolute atomic E-state index is 10.4. The minimum atomic E-state index is 0.627. The molecule has 0 unspecified atom stereocenters. The van der Waals surface area contributed by atoms with E-state index >= 15 is 0 Å². The lowest BCUT2D eigenvalue weighted by Crippen LogP contribution is -2.07. The predicted molar refractivity (Wildman–Crippen MR) is 62.2 cm³/mol.